The number of nitrogens with zero attached hydrogens (tertiary/aromatic N) is 2. The number of nitrogens with one attached hydrogen (secondary N) is 3. The summed E-state index contributed by atoms with van der Waals surface area (Å²) in [6.07, 6.45) is 1.93. The summed E-state index contributed by atoms with van der Waals surface area (Å²) in [6.45, 7) is 6.74. The van der Waals surface area contributed by atoms with Crippen molar-refractivity contribution in [2.45, 2.75) is 33.2 Å². The highest BCUT2D eigenvalue weighted by Gasteiger charge is 2.15. The molecule has 1 aromatic heterocycles. The van der Waals surface area contributed by atoms with E-state index in [1.807, 2.05) is 13.8 Å². The van der Waals surface area contributed by atoms with Gasteiger partial charge in [0.1, 0.15) is 6.04 Å². The van der Waals surface area contributed by atoms with E-state index in [1.165, 1.54) is 0 Å². The molecule has 0 aliphatic rings. The molecule has 0 radical (unpaired) electrons. The highest BCUT2D eigenvalue weighted by molar-refractivity contribution is 5.83. The standard InChI is InChI=1S/C12H20FN5O/c1-4-6-15-11(19)8(3)17-10-9(13)7-16-12(18-10)14-5-2/h7-8H,4-6H2,1-3H3,(H,15,19)(H2,14,16,17,18). The van der Waals surface area contributed by atoms with Crippen LogP contribution < -0.4 is 16.0 Å². The predicted molar refractivity (Wildman–Crippen MR) is 72.5 cm³/mol. The summed E-state index contributed by atoms with van der Waals surface area (Å²) in [5.74, 6) is -0.431. The van der Waals surface area contributed by atoms with Gasteiger partial charge in [0.25, 0.3) is 0 Å². The van der Waals surface area contributed by atoms with Gasteiger partial charge in [0.05, 0.1) is 6.20 Å². The van der Waals surface area contributed by atoms with E-state index in [1.54, 1.807) is 6.92 Å². The maximum atomic E-state index is 13.5. The van der Waals surface area contributed by atoms with Crippen LogP contribution >= 0.6 is 0 Å². The Morgan fingerprint density at radius 3 is 2.84 bits per heavy atom. The third-order valence-corrected chi connectivity index (χ3v) is 2.37. The number of amides is 1. The minimum absolute atomic E-state index is 0.0186. The van der Waals surface area contributed by atoms with Crippen molar-refractivity contribution in [1.82, 2.24) is 15.3 Å². The second kappa shape index (κ2) is 7.50. The second-order valence-corrected chi connectivity index (χ2v) is 4.08. The maximum Gasteiger partial charge on any atom is 0.242 e. The smallest absolute Gasteiger partial charge is 0.242 e. The number of hydrogen-bond donors (Lipinski definition) is 3. The van der Waals surface area contributed by atoms with Gasteiger partial charge in [-0.05, 0) is 20.3 Å². The van der Waals surface area contributed by atoms with E-state index in [9.17, 15) is 9.18 Å². The van der Waals surface area contributed by atoms with E-state index in [4.69, 9.17) is 0 Å². The van der Waals surface area contributed by atoms with Gasteiger partial charge >= 0.3 is 0 Å². The molecule has 0 saturated heterocycles. The summed E-state index contributed by atoms with van der Waals surface area (Å²) in [5, 5.41) is 8.35. The van der Waals surface area contributed by atoms with Crippen LogP contribution in [0.4, 0.5) is 16.2 Å². The molecule has 0 aromatic carbocycles. The van der Waals surface area contributed by atoms with Crippen LogP contribution in [0.15, 0.2) is 6.20 Å². The number of rotatable bonds is 7. The highest BCUT2D eigenvalue weighted by Crippen LogP contribution is 2.12. The van der Waals surface area contributed by atoms with Crippen LogP contribution in [0.25, 0.3) is 0 Å². The molecule has 1 unspecified atom stereocenters. The number of carbonyl (C=O) groups is 1. The first-order valence-electron chi connectivity index (χ1n) is 6.39. The molecule has 1 amide bonds. The summed E-state index contributed by atoms with van der Waals surface area (Å²) < 4.78 is 13.5. The van der Waals surface area contributed by atoms with Crippen molar-refractivity contribution in [3.05, 3.63) is 12.0 Å². The molecule has 1 aromatic rings. The molecule has 0 saturated carbocycles. The van der Waals surface area contributed by atoms with Crippen LogP contribution in [-0.4, -0.2) is 35.0 Å². The van der Waals surface area contributed by atoms with Crippen molar-refractivity contribution in [3.63, 3.8) is 0 Å². The third-order valence-electron chi connectivity index (χ3n) is 2.37. The Hall–Kier alpha value is -1.92. The SMILES string of the molecule is CCCNC(=O)C(C)Nc1nc(NCC)ncc1F. The van der Waals surface area contributed by atoms with Crippen molar-refractivity contribution in [1.29, 1.82) is 0 Å². The lowest BCUT2D eigenvalue weighted by molar-refractivity contribution is -0.121. The van der Waals surface area contributed by atoms with E-state index in [-0.39, 0.29) is 11.7 Å². The number of hydrogen-bond acceptors (Lipinski definition) is 5. The first-order valence-corrected chi connectivity index (χ1v) is 6.39. The first kappa shape index (κ1) is 15.1. The fourth-order valence-electron chi connectivity index (χ4n) is 1.38. The third kappa shape index (κ3) is 4.69. The minimum Gasteiger partial charge on any atom is -0.356 e. The largest absolute Gasteiger partial charge is 0.356 e. The van der Waals surface area contributed by atoms with E-state index in [0.29, 0.717) is 19.0 Å². The lowest BCUT2D eigenvalue weighted by Crippen LogP contribution is -2.38. The second-order valence-electron chi connectivity index (χ2n) is 4.08. The summed E-state index contributed by atoms with van der Waals surface area (Å²) in [7, 11) is 0. The molecule has 106 valence electrons. The Bertz CT molecular complexity index is 427. The number of aromatic nitrogens is 2. The zero-order valence-electron chi connectivity index (χ0n) is 11.5. The van der Waals surface area contributed by atoms with Crippen LogP contribution in [0.5, 0.6) is 0 Å². The molecule has 1 atom stereocenters. The quantitative estimate of drug-likeness (QED) is 0.697. The Morgan fingerprint density at radius 1 is 1.47 bits per heavy atom. The zero-order chi connectivity index (χ0) is 14.3. The van der Waals surface area contributed by atoms with E-state index in [2.05, 4.69) is 25.9 Å². The van der Waals surface area contributed by atoms with Crippen LogP contribution in [-0.2, 0) is 4.79 Å². The van der Waals surface area contributed by atoms with Gasteiger partial charge < -0.3 is 16.0 Å². The van der Waals surface area contributed by atoms with Gasteiger partial charge in [-0.1, -0.05) is 6.92 Å². The van der Waals surface area contributed by atoms with E-state index < -0.39 is 11.9 Å². The van der Waals surface area contributed by atoms with Crippen LogP contribution in [0.1, 0.15) is 27.2 Å². The Morgan fingerprint density at radius 2 is 2.21 bits per heavy atom. The summed E-state index contributed by atoms with van der Waals surface area (Å²) in [4.78, 5) is 19.4. The lowest BCUT2D eigenvalue weighted by Gasteiger charge is -2.15. The van der Waals surface area contributed by atoms with Gasteiger partial charge in [0.15, 0.2) is 11.6 Å². The molecule has 0 bridgehead atoms. The van der Waals surface area contributed by atoms with Gasteiger partial charge in [-0.3, -0.25) is 4.79 Å². The van der Waals surface area contributed by atoms with Gasteiger partial charge in [0, 0.05) is 13.1 Å². The fraction of sp³-hybridized carbons (Fsp3) is 0.583. The van der Waals surface area contributed by atoms with Crippen molar-refractivity contribution < 1.29 is 9.18 Å². The average Bonchev–Trinajstić information content (AvgIpc) is 2.40. The van der Waals surface area contributed by atoms with Crippen molar-refractivity contribution in [2.24, 2.45) is 0 Å². The molecule has 3 N–H and O–H groups in total. The van der Waals surface area contributed by atoms with Crippen LogP contribution in [0, 0.1) is 5.82 Å². The van der Waals surface area contributed by atoms with Crippen molar-refractivity contribution in [2.75, 3.05) is 23.7 Å². The average molecular weight is 269 g/mol. The molecule has 0 aliphatic carbocycles. The molecular formula is C12H20FN5O. The topological polar surface area (TPSA) is 78.9 Å². The first-order chi connectivity index (χ1) is 9.08. The number of carbonyl (C=O) groups excluding carboxylic acids is 1. The normalized spacial score (nSPS) is 11.8. The van der Waals surface area contributed by atoms with Crippen molar-refractivity contribution in [3.8, 4) is 0 Å². The van der Waals surface area contributed by atoms with Crippen LogP contribution in [0.2, 0.25) is 0 Å². The number of halogens is 1. The van der Waals surface area contributed by atoms with Crippen molar-refractivity contribution >= 4 is 17.7 Å². The molecule has 0 fully saturated rings. The summed E-state index contributed by atoms with van der Waals surface area (Å²) in [5.41, 5.74) is 0. The van der Waals surface area contributed by atoms with Gasteiger partial charge in [0.2, 0.25) is 11.9 Å². The summed E-state index contributed by atoms with van der Waals surface area (Å²) in [6, 6.07) is -0.564. The Labute approximate surface area is 112 Å². The maximum absolute atomic E-state index is 13.5. The molecule has 19 heavy (non-hydrogen) atoms. The molecule has 7 heteroatoms. The molecule has 0 aliphatic heterocycles. The van der Waals surface area contributed by atoms with Gasteiger partial charge in [-0.25, -0.2) is 9.37 Å². The van der Waals surface area contributed by atoms with Gasteiger partial charge in [-0.15, -0.1) is 0 Å². The predicted octanol–water partition coefficient (Wildman–Crippen LogP) is 1.37. The molecule has 0 spiro atoms. The van der Waals surface area contributed by atoms with E-state index >= 15 is 0 Å². The highest BCUT2D eigenvalue weighted by atomic mass is 19.1. The zero-order valence-corrected chi connectivity index (χ0v) is 11.5. The summed E-state index contributed by atoms with van der Waals surface area (Å²) >= 11 is 0. The number of anilines is 2. The van der Waals surface area contributed by atoms with E-state index in [0.717, 1.165) is 12.6 Å². The molecule has 6 nitrogen and oxygen atoms in total. The van der Waals surface area contributed by atoms with Gasteiger partial charge in [-0.2, -0.15) is 4.98 Å². The lowest BCUT2D eigenvalue weighted by atomic mass is 10.3. The van der Waals surface area contributed by atoms with Crippen LogP contribution in [0.3, 0.4) is 0 Å². The molecular weight excluding hydrogens is 249 g/mol. The fourth-order valence-corrected chi connectivity index (χ4v) is 1.38. The molecule has 1 heterocycles. The Balaban J connectivity index is 2.69. The molecule has 1 rings (SSSR count). The monoisotopic (exact) mass is 269 g/mol. The Kier molecular flexibility index (Phi) is 5.98. The minimum atomic E-state index is -0.586.